The van der Waals surface area contributed by atoms with E-state index in [-0.39, 0.29) is 0 Å². The summed E-state index contributed by atoms with van der Waals surface area (Å²) in [6.45, 7) is 1.63. The summed E-state index contributed by atoms with van der Waals surface area (Å²) in [5, 5.41) is 8.96. The minimum Gasteiger partial charge on any atom is -0.493 e. The highest BCUT2D eigenvalue weighted by Crippen LogP contribution is 2.41. The molecule has 0 saturated heterocycles. The van der Waals surface area contributed by atoms with Crippen molar-refractivity contribution in [2.75, 3.05) is 21.3 Å². The smallest absolute Gasteiger partial charge is 0.203 e. The van der Waals surface area contributed by atoms with Crippen molar-refractivity contribution in [3.05, 3.63) is 17.7 Å². The van der Waals surface area contributed by atoms with E-state index in [0.29, 0.717) is 17.2 Å². The lowest BCUT2D eigenvalue weighted by Crippen LogP contribution is -2.09. The molecule has 1 rings (SSSR count). The van der Waals surface area contributed by atoms with Crippen LogP contribution in [-0.2, 0) is 0 Å². The van der Waals surface area contributed by atoms with Crippen molar-refractivity contribution in [2.24, 2.45) is 0 Å². The first kappa shape index (κ1) is 13.9. The Morgan fingerprint density at radius 2 is 1.53 bits per heavy atom. The maximum Gasteiger partial charge on any atom is 0.203 e. The van der Waals surface area contributed by atoms with Crippen LogP contribution in [0.25, 0.3) is 0 Å². The second-order valence-electron chi connectivity index (χ2n) is 3.60. The Balaban J connectivity index is 3.27. The first-order valence-electron chi connectivity index (χ1n) is 5.17. The van der Waals surface area contributed by atoms with Gasteiger partial charge in [0.25, 0.3) is 0 Å². The molecule has 0 aliphatic carbocycles. The largest absolute Gasteiger partial charge is 0.493 e. The van der Waals surface area contributed by atoms with Gasteiger partial charge in [-0.3, -0.25) is 0 Å². The van der Waals surface area contributed by atoms with E-state index in [2.05, 4.69) is 0 Å². The van der Waals surface area contributed by atoms with Crippen LogP contribution in [0.5, 0.6) is 17.2 Å². The van der Waals surface area contributed by atoms with Gasteiger partial charge >= 0.3 is 0 Å². The van der Waals surface area contributed by atoms with Crippen LogP contribution < -0.4 is 14.2 Å². The molecule has 0 fully saturated rings. The molecule has 0 heterocycles. The van der Waals surface area contributed by atoms with Crippen molar-refractivity contribution >= 4 is 11.6 Å². The highest BCUT2D eigenvalue weighted by molar-refractivity contribution is 6.21. The van der Waals surface area contributed by atoms with Crippen molar-refractivity contribution in [3.8, 4) is 17.2 Å². The van der Waals surface area contributed by atoms with Gasteiger partial charge in [0.15, 0.2) is 11.5 Å². The van der Waals surface area contributed by atoms with Gasteiger partial charge in [0, 0.05) is 0 Å². The molecule has 1 N–H and O–H groups in total. The van der Waals surface area contributed by atoms with Crippen molar-refractivity contribution in [1.29, 1.82) is 0 Å². The predicted molar refractivity (Wildman–Crippen MR) is 66.4 cm³/mol. The molecule has 4 nitrogen and oxygen atoms in total. The third-order valence-corrected chi connectivity index (χ3v) is 3.05. The van der Waals surface area contributed by atoms with Crippen molar-refractivity contribution in [1.82, 2.24) is 0 Å². The Labute approximate surface area is 106 Å². The third kappa shape index (κ3) is 2.96. The summed E-state index contributed by atoms with van der Waals surface area (Å²) in [5.41, 5.74) is 0.719. The van der Waals surface area contributed by atoms with E-state index in [9.17, 15) is 5.11 Å². The fourth-order valence-corrected chi connectivity index (χ4v) is 1.67. The molecule has 0 bridgehead atoms. The van der Waals surface area contributed by atoms with Crippen LogP contribution in [0.4, 0.5) is 0 Å². The average molecular weight is 261 g/mol. The summed E-state index contributed by atoms with van der Waals surface area (Å²) in [6, 6.07) is 3.46. The average Bonchev–Trinajstić information content (AvgIpc) is 2.35. The fraction of sp³-hybridized carbons (Fsp3) is 0.500. The number of aliphatic hydroxyl groups is 1. The normalized spacial score (nSPS) is 14.0. The molecular formula is C12H17ClO4. The summed E-state index contributed by atoms with van der Waals surface area (Å²) in [5.74, 6) is 1.55. The Kier molecular flexibility index (Phi) is 4.90. The first-order chi connectivity index (χ1) is 8.04. The summed E-state index contributed by atoms with van der Waals surface area (Å²) >= 11 is 6.09. The molecule has 0 saturated carbocycles. The zero-order valence-electron chi connectivity index (χ0n) is 10.4. The zero-order chi connectivity index (χ0) is 13.0. The van der Waals surface area contributed by atoms with E-state index in [1.807, 2.05) is 0 Å². The van der Waals surface area contributed by atoms with E-state index < -0.39 is 11.5 Å². The van der Waals surface area contributed by atoms with Crippen molar-refractivity contribution in [3.63, 3.8) is 0 Å². The highest BCUT2D eigenvalue weighted by atomic mass is 35.5. The molecule has 1 aromatic rings. The molecule has 0 radical (unpaired) electrons. The Hall–Kier alpha value is -1.13. The van der Waals surface area contributed by atoms with Gasteiger partial charge in [-0.25, -0.2) is 0 Å². The monoisotopic (exact) mass is 260 g/mol. The molecule has 0 aromatic heterocycles. The van der Waals surface area contributed by atoms with Crippen LogP contribution in [-0.4, -0.2) is 32.5 Å². The van der Waals surface area contributed by atoms with Gasteiger partial charge in [-0.1, -0.05) is 0 Å². The molecule has 0 spiro atoms. The van der Waals surface area contributed by atoms with Gasteiger partial charge in [-0.15, -0.1) is 11.6 Å². The molecule has 0 amide bonds. The van der Waals surface area contributed by atoms with Crippen LogP contribution in [0.15, 0.2) is 12.1 Å². The number of ether oxygens (including phenoxy) is 3. The zero-order valence-corrected chi connectivity index (χ0v) is 11.1. The molecular weight excluding hydrogens is 244 g/mol. The molecule has 2 unspecified atom stereocenters. The molecule has 1 aromatic carbocycles. The molecule has 0 aliphatic rings. The number of alkyl halides is 1. The Bertz CT molecular complexity index is 354. The maximum absolute atomic E-state index is 9.48. The van der Waals surface area contributed by atoms with Gasteiger partial charge in [-0.2, -0.15) is 0 Å². The summed E-state index contributed by atoms with van der Waals surface area (Å²) < 4.78 is 15.6. The van der Waals surface area contributed by atoms with Gasteiger partial charge in [0.1, 0.15) is 0 Å². The lowest BCUT2D eigenvalue weighted by Gasteiger charge is -2.18. The number of benzene rings is 1. The van der Waals surface area contributed by atoms with Crippen LogP contribution in [0.2, 0.25) is 0 Å². The molecule has 17 heavy (non-hydrogen) atoms. The van der Waals surface area contributed by atoms with Gasteiger partial charge in [-0.05, 0) is 24.6 Å². The van der Waals surface area contributed by atoms with Crippen molar-refractivity contribution < 1.29 is 19.3 Å². The maximum atomic E-state index is 9.48. The number of rotatable bonds is 5. The van der Waals surface area contributed by atoms with Crippen molar-refractivity contribution in [2.45, 2.75) is 18.4 Å². The predicted octanol–water partition coefficient (Wildman–Crippen LogP) is 2.37. The Morgan fingerprint density at radius 1 is 1.06 bits per heavy atom. The molecule has 5 heteroatoms. The fourth-order valence-electron chi connectivity index (χ4n) is 1.54. The second-order valence-corrected chi connectivity index (χ2v) is 4.07. The lowest BCUT2D eigenvalue weighted by atomic mass is 10.1. The van der Waals surface area contributed by atoms with E-state index in [1.54, 1.807) is 19.1 Å². The molecule has 96 valence electrons. The van der Waals surface area contributed by atoms with E-state index in [1.165, 1.54) is 21.3 Å². The van der Waals surface area contributed by atoms with Crippen LogP contribution in [0.1, 0.15) is 17.9 Å². The SMILES string of the molecule is COc1cc(C(Cl)C(C)O)cc(OC)c1OC. The van der Waals surface area contributed by atoms with Gasteiger partial charge in [0.05, 0.1) is 32.8 Å². The summed E-state index contributed by atoms with van der Waals surface area (Å²) in [7, 11) is 4.60. The lowest BCUT2D eigenvalue weighted by molar-refractivity contribution is 0.189. The second kappa shape index (κ2) is 5.98. The number of hydrogen-bond acceptors (Lipinski definition) is 4. The van der Waals surface area contributed by atoms with E-state index in [0.717, 1.165) is 5.56 Å². The van der Waals surface area contributed by atoms with Crippen LogP contribution >= 0.6 is 11.6 Å². The quantitative estimate of drug-likeness (QED) is 0.826. The summed E-state index contributed by atoms with van der Waals surface area (Å²) in [6.07, 6.45) is -0.667. The molecule has 2 atom stereocenters. The number of aliphatic hydroxyl groups excluding tert-OH is 1. The minimum absolute atomic E-state index is 0.508. The Morgan fingerprint density at radius 3 is 1.82 bits per heavy atom. The first-order valence-corrected chi connectivity index (χ1v) is 5.60. The molecule has 0 aliphatic heterocycles. The standard InChI is InChI=1S/C12H17ClO4/c1-7(14)11(13)8-5-9(15-2)12(17-4)10(6-8)16-3/h5-7,11,14H,1-4H3. The van der Waals surface area contributed by atoms with E-state index >= 15 is 0 Å². The number of halogens is 1. The van der Waals surface area contributed by atoms with Crippen LogP contribution in [0.3, 0.4) is 0 Å². The number of hydrogen-bond donors (Lipinski definition) is 1. The number of methoxy groups -OCH3 is 3. The highest BCUT2D eigenvalue weighted by Gasteiger charge is 2.20. The summed E-state index contributed by atoms with van der Waals surface area (Å²) in [4.78, 5) is 0. The van der Waals surface area contributed by atoms with Crippen LogP contribution in [0, 0.1) is 0 Å². The third-order valence-electron chi connectivity index (χ3n) is 2.43. The van der Waals surface area contributed by atoms with Gasteiger partial charge in [0.2, 0.25) is 5.75 Å². The van der Waals surface area contributed by atoms with Gasteiger partial charge < -0.3 is 19.3 Å². The topological polar surface area (TPSA) is 47.9 Å². The van der Waals surface area contributed by atoms with E-state index in [4.69, 9.17) is 25.8 Å². The minimum atomic E-state index is -0.667.